The summed E-state index contributed by atoms with van der Waals surface area (Å²) in [6, 6.07) is 0. The quantitative estimate of drug-likeness (QED) is 0.729. The van der Waals surface area contributed by atoms with Gasteiger partial charge in [-0.1, -0.05) is 12.2 Å². The van der Waals surface area contributed by atoms with Crippen LogP contribution in [0.3, 0.4) is 0 Å². The van der Waals surface area contributed by atoms with Crippen LogP contribution in [0.2, 0.25) is 0 Å². The van der Waals surface area contributed by atoms with Gasteiger partial charge in [0.1, 0.15) is 5.41 Å². The van der Waals surface area contributed by atoms with E-state index in [9.17, 15) is 9.90 Å². The molecule has 0 radical (unpaired) electrons. The van der Waals surface area contributed by atoms with Gasteiger partial charge >= 0.3 is 5.97 Å². The second-order valence-corrected chi connectivity index (χ2v) is 5.39. The van der Waals surface area contributed by atoms with Crippen LogP contribution in [0.25, 0.3) is 0 Å². The number of rotatable bonds is 2. The molecule has 4 atom stereocenters. The van der Waals surface area contributed by atoms with Crippen molar-refractivity contribution in [1.82, 2.24) is 0 Å². The Morgan fingerprint density at radius 3 is 2.75 bits per heavy atom. The molecule has 2 bridgehead atoms. The summed E-state index contributed by atoms with van der Waals surface area (Å²) in [5, 5.41) is 9.62. The molecule has 1 aliphatic heterocycles. The normalized spacial score (nSPS) is 46.1. The molecule has 1 saturated carbocycles. The lowest BCUT2D eigenvalue weighted by molar-refractivity contribution is -0.166. The molecule has 3 nitrogen and oxygen atoms in total. The molecule has 1 N–H and O–H groups in total. The molecule has 0 amide bonds. The first-order chi connectivity index (χ1) is 7.73. The first-order valence-electron chi connectivity index (χ1n) is 6.27. The molecule has 88 valence electrons. The van der Waals surface area contributed by atoms with Gasteiger partial charge in [-0.2, -0.15) is 0 Å². The Morgan fingerprint density at radius 1 is 1.38 bits per heavy atom. The Labute approximate surface area is 95.5 Å². The molecule has 2 aliphatic carbocycles. The highest BCUT2D eigenvalue weighted by Crippen LogP contribution is 2.56. The van der Waals surface area contributed by atoms with Crippen LogP contribution in [0.4, 0.5) is 0 Å². The number of hydrogen-bond acceptors (Lipinski definition) is 2. The topological polar surface area (TPSA) is 46.5 Å². The lowest BCUT2D eigenvalue weighted by atomic mass is 9.69. The second-order valence-electron chi connectivity index (χ2n) is 5.39. The first kappa shape index (κ1) is 10.3. The molecule has 3 aliphatic rings. The summed E-state index contributed by atoms with van der Waals surface area (Å²) in [4.78, 5) is 11.7. The zero-order valence-corrected chi connectivity index (χ0v) is 9.39. The van der Waals surface area contributed by atoms with E-state index >= 15 is 0 Å². The molecule has 4 unspecified atom stereocenters. The smallest absolute Gasteiger partial charge is 0.312 e. The Balaban J connectivity index is 1.91. The van der Waals surface area contributed by atoms with E-state index < -0.39 is 11.4 Å². The van der Waals surface area contributed by atoms with E-state index in [2.05, 4.69) is 12.2 Å². The van der Waals surface area contributed by atoms with E-state index in [-0.39, 0.29) is 12.0 Å². The fraction of sp³-hybridized carbons (Fsp3) is 0.769. The predicted octanol–water partition coefficient (Wildman–Crippen LogP) is 2.22. The monoisotopic (exact) mass is 222 g/mol. The summed E-state index contributed by atoms with van der Waals surface area (Å²) in [5.41, 5.74) is -0.611. The van der Waals surface area contributed by atoms with Crippen LogP contribution < -0.4 is 0 Å². The number of aliphatic carboxylic acids is 1. The summed E-state index contributed by atoms with van der Waals surface area (Å²) in [6.07, 6.45) is 9.16. The van der Waals surface area contributed by atoms with E-state index in [4.69, 9.17) is 4.74 Å². The molecule has 0 aromatic rings. The lowest BCUT2D eigenvalue weighted by Gasteiger charge is -2.40. The molecule has 16 heavy (non-hydrogen) atoms. The maximum Gasteiger partial charge on any atom is 0.312 e. The van der Waals surface area contributed by atoms with Crippen molar-refractivity contribution in [2.24, 2.45) is 17.3 Å². The SMILES string of the molecule is O=C(O)C1(C2CCCCO2)CC2C=CC1C2. The van der Waals surface area contributed by atoms with Gasteiger partial charge in [0.15, 0.2) is 0 Å². The van der Waals surface area contributed by atoms with Crippen LogP contribution in [0.15, 0.2) is 12.2 Å². The molecule has 2 fully saturated rings. The van der Waals surface area contributed by atoms with Crippen molar-refractivity contribution >= 4 is 5.97 Å². The standard InChI is InChI=1S/C13H18O3/c14-12(15)13(11-3-1-2-6-16-11)8-9-4-5-10(13)7-9/h4-5,9-11H,1-3,6-8H2,(H,14,15). The maximum absolute atomic E-state index is 11.7. The van der Waals surface area contributed by atoms with Crippen molar-refractivity contribution in [2.75, 3.05) is 6.61 Å². The molecular weight excluding hydrogens is 204 g/mol. The summed E-state index contributed by atoms with van der Waals surface area (Å²) in [7, 11) is 0. The average molecular weight is 222 g/mol. The van der Waals surface area contributed by atoms with Crippen LogP contribution >= 0.6 is 0 Å². The highest BCUT2D eigenvalue weighted by molar-refractivity contribution is 5.77. The highest BCUT2D eigenvalue weighted by atomic mass is 16.5. The van der Waals surface area contributed by atoms with Crippen molar-refractivity contribution in [2.45, 2.75) is 38.2 Å². The van der Waals surface area contributed by atoms with Crippen molar-refractivity contribution in [3.8, 4) is 0 Å². The fourth-order valence-corrected chi connectivity index (χ4v) is 3.79. The highest BCUT2D eigenvalue weighted by Gasteiger charge is 2.58. The minimum Gasteiger partial charge on any atom is -0.481 e. The van der Waals surface area contributed by atoms with E-state index in [1.807, 2.05) is 0 Å². The summed E-state index contributed by atoms with van der Waals surface area (Å²) >= 11 is 0. The molecule has 3 rings (SSSR count). The zero-order valence-electron chi connectivity index (χ0n) is 9.39. The molecular formula is C13H18O3. The van der Waals surface area contributed by atoms with Crippen molar-refractivity contribution in [3.63, 3.8) is 0 Å². The number of fused-ring (bicyclic) bond motifs is 2. The third-order valence-corrected chi connectivity index (χ3v) is 4.59. The number of ether oxygens (including phenoxy) is 1. The van der Waals surface area contributed by atoms with Gasteiger partial charge in [-0.3, -0.25) is 4.79 Å². The van der Waals surface area contributed by atoms with Crippen LogP contribution in [0, 0.1) is 17.3 Å². The number of hydrogen-bond donors (Lipinski definition) is 1. The zero-order chi connectivity index (χ0) is 11.2. The summed E-state index contributed by atoms with van der Waals surface area (Å²) in [6.45, 7) is 0.737. The summed E-state index contributed by atoms with van der Waals surface area (Å²) < 4.78 is 5.76. The third kappa shape index (κ3) is 1.27. The Morgan fingerprint density at radius 2 is 2.25 bits per heavy atom. The molecule has 0 spiro atoms. The van der Waals surface area contributed by atoms with E-state index in [1.165, 1.54) is 0 Å². The third-order valence-electron chi connectivity index (χ3n) is 4.59. The van der Waals surface area contributed by atoms with E-state index in [0.717, 1.165) is 38.7 Å². The van der Waals surface area contributed by atoms with Crippen LogP contribution in [0.5, 0.6) is 0 Å². The fourth-order valence-electron chi connectivity index (χ4n) is 3.79. The van der Waals surface area contributed by atoms with E-state index in [1.54, 1.807) is 0 Å². The van der Waals surface area contributed by atoms with E-state index in [0.29, 0.717) is 5.92 Å². The maximum atomic E-state index is 11.7. The van der Waals surface area contributed by atoms with Crippen LogP contribution in [-0.2, 0) is 9.53 Å². The van der Waals surface area contributed by atoms with Crippen molar-refractivity contribution in [3.05, 3.63) is 12.2 Å². The number of allylic oxidation sites excluding steroid dienone is 2. The van der Waals surface area contributed by atoms with Gasteiger partial charge in [-0.05, 0) is 43.9 Å². The first-order valence-corrected chi connectivity index (χ1v) is 6.27. The van der Waals surface area contributed by atoms with Gasteiger partial charge in [0, 0.05) is 6.61 Å². The number of carboxylic acids is 1. The van der Waals surface area contributed by atoms with Gasteiger partial charge in [0.25, 0.3) is 0 Å². The van der Waals surface area contributed by atoms with Gasteiger partial charge < -0.3 is 9.84 Å². The average Bonchev–Trinajstić information content (AvgIpc) is 2.90. The Hall–Kier alpha value is -0.830. The predicted molar refractivity (Wildman–Crippen MR) is 59.0 cm³/mol. The molecule has 1 heterocycles. The Kier molecular flexibility index (Phi) is 2.32. The Bertz CT molecular complexity index is 330. The van der Waals surface area contributed by atoms with Crippen molar-refractivity contribution in [1.29, 1.82) is 0 Å². The van der Waals surface area contributed by atoms with Crippen LogP contribution in [0.1, 0.15) is 32.1 Å². The van der Waals surface area contributed by atoms with Gasteiger partial charge in [-0.25, -0.2) is 0 Å². The molecule has 3 heteroatoms. The second kappa shape index (κ2) is 3.59. The molecule has 0 aromatic heterocycles. The molecule has 0 aromatic carbocycles. The lowest BCUT2D eigenvalue weighted by Crippen LogP contribution is -2.48. The largest absolute Gasteiger partial charge is 0.481 e. The van der Waals surface area contributed by atoms with Gasteiger partial charge in [0.2, 0.25) is 0 Å². The minimum atomic E-state index is -0.642. The minimum absolute atomic E-state index is 0.0568. The number of carbonyl (C=O) groups is 1. The molecule has 1 saturated heterocycles. The van der Waals surface area contributed by atoms with Crippen LogP contribution in [-0.4, -0.2) is 23.8 Å². The van der Waals surface area contributed by atoms with Gasteiger partial charge in [0.05, 0.1) is 6.10 Å². The van der Waals surface area contributed by atoms with Gasteiger partial charge in [-0.15, -0.1) is 0 Å². The van der Waals surface area contributed by atoms with Crippen molar-refractivity contribution < 1.29 is 14.6 Å². The summed E-state index contributed by atoms with van der Waals surface area (Å²) in [5.74, 6) is 0.0426. The number of carboxylic acid groups (broad SMARTS) is 1.